The van der Waals surface area contributed by atoms with E-state index in [1.807, 2.05) is 11.1 Å². The molecule has 1 saturated carbocycles. The molecule has 190 valence electrons. The molecule has 2 amide bonds. The SMILES string of the molecule is O=C(CN1CCCCC1=O)N1CCC([C@H]2c3ncc(Br)cc3CCc3cc(C4CC4)cc(Br)c32)CC1. The van der Waals surface area contributed by atoms with E-state index in [0.29, 0.717) is 12.3 Å². The highest BCUT2D eigenvalue weighted by Gasteiger charge is 2.37. The van der Waals surface area contributed by atoms with E-state index in [1.54, 1.807) is 4.90 Å². The van der Waals surface area contributed by atoms with Crippen molar-refractivity contribution >= 4 is 43.7 Å². The summed E-state index contributed by atoms with van der Waals surface area (Å²) in [5.41, 5.74) is 6.91. The van der Waals surface area contributed by atoms with E-state index in [4.69, 9.17) is 4.98 Å². The van der Waals surface area contributed by atoms with E-state index in [9.17, 15) is 9.59 Å². The summed E-state index contributed by atoms with van der Waals surface area (Å²) in [4.78, 5) is 34.0. The highest BCUT2D eigenvalue weighted by atomic mass is 79.9. The first-order valence-corrected chi connectivity index (χ1v) is 15.1. The van der Waals surface area contributed by atoms with Crippen molar-refractivity contribution < 1.29 is 9.59 Å². The van der Waals surface area contributed by atoms with Crippen molar-refractivity contribution in [3.8, 4) is 0 Å². The number of amides is 2. The molecule has 7 heteroatoms. The van der Waals surface area contributed by atoms with Gasteiger partial charge in [-0.3, -0.25) is 14.6 Å². The van der Waals surface area contributed by atoms with E-state index >= 15 is 0 Å². The van der Waals surface area contributed by atoms with Crippen LogP contribution in [0.3, 0.4) is 0 Å². The van der Waals surface area contributed by atoms with Gasteiger partial charge < -0.3 is 9.80 Å². The van der Waals surface area contributed by atoms with E-state index in [0.717, 1.165) is 68.5 Å². The van der Waals surface area contributed by atoms with Crippen molar-refractivity contribution in [2.75, 3.05) is 26.2 Å². The second-order valence-electron chi connectivity index (χ2n) is 11.0. The number of carbonyl (C=O) groups excluding carboxylic acids is 2. The molecule has 0 spiro atoms. The van der Waals surface area contributed by atoms with Gasteiger partial charge in [-0.2, -0.15) is 0 Å². The van der Waals surface area contributed by atoms with Gasteiger partial charge in [0.1, 0.15) is 0 Å². The summed E-state index contributed by atoms with van der Waals surface area (Å²) in [6.45, 7) is 2.46. The number of hydrogen-bond acceptors (Lipinski definition) is 3. The molecule has 2 aliphatic carbocycles. The maximum Gasteiger partial charge on any atom is 0.242 e. The molecular weight excluding hydrogens is 582 g/mol. The van der Waals surface area contributed by atoms with Crippen molar-refractivity contribution in [2.24, 2.45) is 5.92 Å². The van der Waals surface area contributed by atoms with Crippen molar-refractivity contribution in [3.05, 3.63) is 61.3 Å². The lowest BCUT2D eigenvalue weighted by atomic mass is 9.76. The predicted octanol–water partition coefficient (Wildman–Crippen LogP) is 5.97. The molecule has 3 fully saturated rings. The molecule has 3 heterocycles. The monoisotopic (exact) mass is 613 g/mol. The van der Waals surface area contributed by atoms with E-state index < -0.39 is 0 Å². The van der Waals surface area contributed by atoms with Gasteiger partial charge in [0.15, 0.2) is 0 Å². The van der Waals surface area contributed by atoms with Gasteiger partial charge in [-0.1, -0.05) is 22.0 Å². The molecule has 2 saturated heterocycles. The maximum absolute atomic E-state index is 13.1. The summed E-state index contributed by atoms with van der Waals surface area (Å²) in [6.07, 6.45) is 11.0. The fourth-order valence-corrected chi connectivity index (χ4v) is 7.66. The van der Waals surface area contributed by atoms with E-state index in [-0.39, 0.29) is 24.3 Å². The number of rotatable bonds is 4. The van der Waals surface area contributed by atoms with Crippen LogP contribution in [0.5, 0.6) is 0 Å². The van der Waals surface area contributed by atoms with Crippen molar-refractivity contribution in [1.82, 2.24) is 14.8 Å². The molecule has 36 heavy (non-hydrogen) atoms. The molecule has 0 N–H and O–H groups in total. The minimum Gasteiger partial charge on any atom is -0.341 e. The number of benzene rings is 1. The smallest absolute Gasteiger partial charge is 0.242 e. The third kappa shape index (κ3) is 4.90. The fraction of sp³-hybridized carbons (Fsp3) is 0.552. The molecule has 1 atom stereocenters. The molecule has 1 aromatic heterocycles. The topological polar surface area (TPSA) is 53.5 Å². The first-order chi connectivity index (χ1) is 17.5. The largest absolute Gasteiger partial charge is 0.341 e. The molecular formula is C29H33Br2N3O2. The lowest BCUT2D eigenvalue weighted by molar-refractivity contribution is -0.142. The third-order valence-corrected chi connectivity index (χ3v) is 9.72. The van der Waals surface area contributed by atoms with Crippen LogP contribution < -0.4 is 0 Å². The number of fused-ring (bicyclic) bond motifs is 2. The average Bonchev–Trinajstić information content (AvgIpc) is 3.73. The van der Waals surface area contributed by atoms with Crippen LogP contribution in [0.15, 0.2) is 33.3 Å². The van der Waals surface area contributed by atoms with Gasteiger partial charge in [-0.05, 0) is 114 Å². The highest BCUT2D eigenvalue weighted by Crippen LogP contribution is 2.48. The standard InChI is InChI=1S/C29H33Br2N3O2/c30-23-14-21-7-6-20-13-22(18-4-5-18)15-24(31)27(20)28(29(21)32-16-23)19-8-11-33(12-9-19)26(36)17-34-10-2-1-3-25(34)35/h13-16,18-19,28H,1-12,17H2/t28-/m1/s1. The summed E-state index contributed by atoms with van der Waals surface area (Å²) in [6, 6.07) is 7.09. The number of nitrogens with zero attached hydrogens (tertiary/aromatic N) is 3. The number of aryl methyl sites for hydroxylation is 2. The maximum atomic E-state index is 13.1. The Bertz CT molecular complexity index is 1190. The van der Waals surface area contributed by atoms with Crippen LogP contribution in [0.2, 0.25) is 0 Å². The first kappa shape index (κ1) is 24.6. The Morgan fingerprint density at radius 2 is 1.72 bits per heavy atom. The second kappa shape index (κ2) is 10.2. The van der Waals surface area contributed by atoms with Gasteiger partial charge in [-0.15, -0.1) is 0 Å². The summed E-state index contributed by atoms with van der Waals surface area (Å²) in [5, 5.41) is 0. The average molecular weight is 615 g/mol. The first-order valence-electron chi connectivity index (χ1n) is 13.5. The molecule has 6 rings (SSSR count). The van der Waals surface area contributed by atoms with Gasteiger partial charge >= 0.3 is 0 Å². The Balaban J connectivity index is 1.25. The minimum absolute atomic E-state index is 0.0997. The van der Waals surface area contributed by atoms with Crippen LogP contribution in [0.25, 0.3) is 0 Å². The second-order valence-corrected chi connectivity index (χ2v) is 12.8. The number of piperidine rings is 2. The zero-order chi connectivity index (χ0) is 24.8. The van der Waals surface area contributed by atoms with Crippen LogP contribution in [-0.4, -0.2) is 52.8 Å². The van der Waals surface area contributed by atoms with Crippen molar-refractivity contribution in [3.63, 3.8) is 0 Å². The zero-order valence-electron chi connectivity index (χ0n) is 20.6. The Hall–Kier alpha value is -1.73. The summed E-state index contributed by atoms with van der Waals surface area (Å²) >= 11 is 7.64. The molecule has 0 unspecified atom stereocenters. The number of pyridine rings is 1. The fourth-order valence-electron chi connectivity index (χ4n) is 6.52. The van der Waals surface area contributed by atoms with Crippen LogP contribution in [0.1, 0.15) is 84.7 Å². The Morgan fingerprint density at radius 3 is 2.47 bits per heavy atom. The van der Waals surface area contributed by atoms with Crippen LogP contribution >= 0.6 is 31.9 Å². The van der Waals surface area contributed by atoms with Gasteiger partial charge in [0.25, 0.3) is 0 Å². The molecule has 5 nitrogen and oxygen atoms in total. The summed E-state index contributed by atoms with van der Waals surface area (Å²) in [7, 11) is 0. The molecule has 2 aliphatic heterocycles. The van der Waals surface area contributed by atoms with Crippen molar-refractivity contribution in [2.45, 2.75) is 69.6 Å². The molecule has 1 aromatic carbocycles. The van der Waals surface area contributed by atoms with E-state index in [2.05, 4.69) is 50.1 Å². The summed E-state index contributed by atoms with van der Waals surface area (Å²) in [5.74, 6) is 1.61. The number of aromatic nitrogens is 1. The Labute approximate surface area is 230 Å². The van der Waals surface area contributed by atoms with E-state index in [1.165, 1.54) is 45.3 Å². The van der Waals surface area contributed by atoms with Gasteiger partial charge in [0.05, 0.1) is 12.2 Å². The van der Waals surface area contributed by atoms with Crippen LogP contribution in [-0.2, 0) is 22.4 Å². The van der Waals surface area contributed by atoms with Gasteiger partial charge in [0, 0.05) is 47.1 Å². The van der Waals surface area contributed by atoms with Crippen LogP contribution in [0, 0.1) is 5.92 Å². The molecule has 2 aromatic rings. The quantitative estimate of drug-likeness (QED) is 0.427. The zero-order valence-corrected chi connectivity index (χ0v) is 23.8. The highest BCUT2D eigenvalue weighted by molar-refractivity contribution is 9.10. The number of halogens is 2. The summed E-state index contributed by atoms with van der Waals surface area (Å²) < 4.78 is 2.27. The predicted molar refractivity (Wildman–Crippen MR) is 147 cm³/mol. The number of carbonyl (C=O) groups is 2. The Morgan fingerprint density at radius 1 is 0.944 bits per heavy atom. The molecule has 0 radical (unpaired) electrons. The minimum atomic E-state index is 0.0997. The van der Waals surface area contributed by atoms with Crippen LogP contribution in [0.4, 0.5) is 0 Å². The van der Waals surface area contributed by atoms with Gasteiger partial charge in [-0.25, -0.2) is 0 Å². The third-order valence-electron chi connectivity index (χ3n) is 8.63. The van der Waals surface area contributed by atoms with Crippen molar-refractivity contribution in [1.29, 1.82) is 0 Å². The van der Waals surface area contributed by atoms with Gasteiger partial charge in [0.2, 0.25) is 11.8 Å². The molecule has 4 aliphatic rings. The number of likely N-dealkylation sites (tertiary alicyclic amines) is 2. The lowest BCUT2D eigenvalue weighted by Crippen LogP contribution is -2.47. The number of hydrogen-bond donors (Lipinski definition) is 0. The normalized spacial score (nSPS) is 22.7. The molecule has 0 bridgehead atoms. The lowest BCUT2D eigenvalue weighted by Gasteiger charge is -2.38. The Kier molecular flexibility index (Phi) is 6.97.